The first-order chi connectivity index (χ1) is 13.2. The van der Waals surface area contributed by atoms with Crippen molar-refractivity contribution < 1.29 is 13.9 Å². The van der Waals surface area contributed by atoms with Crippen LogP contribution >= 0.6 is 11.6 Å². The molecule has 0 aliphatic heterocycles. The smallest absolute Gasteiger partial charge is 0.185 e. The van der Waals surface area contributed by atoms with Gasteiger partial charge in [0.2, 0.25) is 0 Å². The van der Waals surface area contributed by atoms with Crippen molar-refractivity contribution in [1.29, 1.82) is 0 Å². The maximum absolute atomic E-state index is 12.1. The molecule has 0 radical (unpaired) electrons. The first kappa shape index (κ1) is 17.6. The van der Waals surface area contributed by atoms with E-state index in [2.05, 4.69) is 12.1 Å². The monoisotopic (exact) mass is 378 g/mol. The number of aryl methyl sites for hydroxylation is 2. The molecule has 2 aromatic carbocycles. The summed E-state index contributed by atoms with van der Waals surface area (Å²) in [6.07, 6.45) is 6.67. The topological polar surface area (TPSA) is 39.4 Å². The van der Waals surface area contributed by atoms with E-state index in [9.17, 15) is 4.79 Å². The Hall–Kier alpha value is -2.78. The first-order valence-electron chi connectivity index (χ1n) is 8.99. The predicted molar refractivity (Wildman–Crippen MR) is 106 cm³/mol. The van der Waals surface area contributed by atoms with E-state index in [4.69, 9.17) is 20.8 Å². The normalized spacial score (nSPS) is 13.1. The van der Waals surface area contributed by atoms with Crippen LogP contribution in [0.5, 0.6) is 5.75 Å². The van der Waals surface area contributed by atoms with Crippen LogP contribution in [0, 0.1) is 0 Å². The molecule has 0 unspecified atom stereocenters. The summed E-state index contributed by atoms with van der Waals surface area (Å²) in [5.41, 5.74) is 3.40. The van der Waals surface area contributed by atoms with Gasteiger partial charge < -0.3 is 9.15 Å². The highest BCUT2D eigenvalue weighted by atomic mass is 35.5. The Morgan fingerprint density at radius 2 is 1.85 bits per heavy atom. The van der Waals surface area contributed by atoms with Gasteiger partial charge >= 0.3 is 0 Å². The molecule has 0 atom stereocenters. The van der Waals surface area contributed by atoms with E-state index in [0.717, 1.165) is 18.6 Å². The molecular weight excluding hydrogens is 360 g/mol. The summed E-state index contributed by atoms with van der Waals surface area (Å²) in [4.78, 5) is 12.1. The standard InChI is InChI=1S/C23H19ClO3/c24-19-7-4-17(5-8-19)23(25)13-12-20-10-11-22(27-20)15-26-21-9-6-16-2-1-3-18(16)14-21/h4-14H,1-3,15H2/b13-12+. The van der Waals surface area contributed by atoms with Crippen LogP contribution < -0.4 is 4.74 Å². The second-order valence-electron chi connectivity index (χ2n) is 6.58. The fourth-order valence-corrected chi connectivity index (χ4v) is 3.35. The minimum atomic E-state index is -0.0981. The van der Waals surface area contributed by atoms with Crippen LogP contribution in [-0.4, -0.2) is 5.78 Å². The number of allylic oxidation sites excluding steroid dienone is 1. The van der Waals surface area contributed by atoms with Crippen molar-refractivity contribution in [2.45, 2.75) is 25.9 Å². The molecule has 1 aliphatic rings. The van der Waals surface area contributed by atoms with E-state index in [1.165, 1.54) is 23.6 Å². The van der Waals surface area contributed by atoms with Gasteiger partial charge in [-0.15, -0.1) is 0 Å². The van der Waals surface area contributed by atoms with E-state index in [1.807, 2.05) is 18.2 Å². The Morgan fingerprint density at radius 1 is 1.04 bits per heavy atom. The summed E-state index contributed by atoms with van der Waals surface area (Å²) >= 11 is 5.84. The molecule has 1 heterocycles. The van der Waals surface area contributed by atoms with Crippen LogP contribution in [0.4, 0.5) is 0 Å². The van der Waals surface area contributed by atoms with Crippen molar-refractivity contribution in [3.63, 3.8) is 0 Å². The third kappa shape index (κ3) is 4.32. The van der Waals surface area contributed by atoms with Crippen molar-refractivity contribution in [3.05, 3.63) is 93.9 Å². The van der Waals surface area contributed by atoms with Crippen molar-refractivity contribution in [3.8, 4) is 5.75 Å². The zero-order chi connectivity index (χ0) is 18.6. The Morgan fingerprint density at radius 3 is 2.70 bits per heavy atom. The Bertz CT molecular complexity index is 983. The van der Waals surface area contributed by atoms with E-state index < -0.39 is 0 Å². The van der Waals surface area contributed by atoms with Crippen LogP contribution in [0.3, 0.4) is 0 Å². The van der Waals surface area contributed by atoms with Crippen LogP contribution in [-0.2, 0) is 19.4 Å². The van der Waals surface area contributed by atoms with Crippen molar-refractivity contribution in [2.75, 3.05) is 0 Å². The van der Waals surface area contributed by atoms with E-state index >= 15 is 0 Å². The number of benzene rings is 2. The highest BCUT2D eigenvalue weighted by molar-refractivity contribution is 6.30. The van der Waals surface area contributed by atoms with Crippen LogP contribution in [0.1, 0.15) is 39.4 Å². The predicted octanol–water partition coefficient (Wildman–Crippen LogP) is 5.90. The fraction of sp³-hybridized carbons (Fsp3) is 0.174. The average molecular weight is 379 g/mol. The van der Waals surface area contributed by atoms with Crippen molar-refractivity contribution >= 4 is 23.5 Å². The second kappa shape index (κ2) is 7.85. The van der Waals surface area contributed by atoms with Gasteiger partial charge in [0.1, 0.15) is 23.9 Å². The lowest BCUT2D eigenvalue weighted by Crippen LogP contribution is -1.95. The van der Waals surface area contributed by atoms with Gasteiger partial charge in [-0.1, -0.05) is 17.7 Å². The maximum Gasteiger partial charge on any atom is 0.185 e. The van der Waals surface area contributed by atoms with Gasteiger partial charge in [-0.2, -0.15) is 0 Å². The van der Waals surface area contributed by atoms with Crippen LogP contribution in [0.2, 0.25) is 5.02 Å². The second-order valence-corrected chi connectivity index (χ2v) is 7.02. The number of hydrogen-bond donors (Lipinski definition) is 0. The zero-order valence-electron chi connectivity index (χ0n) is 14.8. The highest BCUT2D eigenvalue weighted by Gasteiger charge is 2.11. The molecule has 0 saturated heterocycles. The molecule has 27 heavy (non-hydrogen) atoms. The van der Waals surface area contributed by atoms with Crippen molar-refractivity contribution in [2.24, 2.45) is 0 Å². The SMILES string of the molecule is O=C(/C=C/c1ccc(COc2ccc3c(c2)CCC3)o1)c1ccc(Cl)cc1. The van der Waals surface area contributed by atoms with E-state index in [-0.39, 0.29) is 5.78 Å². The largest absolute Gasteiger partial charge is 0.486 e. The van der Waals surface area contributed by atoms with Gasteiger partial charge in [0, 0.05) is 10.6 Å². The maximum atomic E-state index is 12.1. The zero-order valence-corrected chi connectivity index (χ0v) is 15.5. The summed E-state index contributed by atoms with van der Waals surface area (Å²) in [5, 5.41) is 0.606. The number of carbonyl (C=O) groups is 1. The third-order valence-corrected chi connectivity index (χ3v) is 4.91. The number of halogens is 1. The quantitative estimate of drug-likeness (QED) is 0.396. The molecule has 0 spiro atoms. The number of furan rings is 1. The Kier molecular flexibility index (Phi) is 5.12. The molecule has 1 aliphatic carbocycles. The number of ether oxygens (including phenoxy) is 1. The third-order valence-electron chi connectivity index (χ3n) is 4.66. The summed E-state index contributed by atoms with van der Waals surface area (Å²) < 4.78 is 11.6. The first-order valence-corrected chi connectivity index (χ1v) is 9.36. The summed E-state index contributed by atoms with van der Waals surface area (Å²) in [6.45, 7) is 0.359. The number of hydrogen-bond acceptors (Lipinski definition) is 3. The van der Waals surface area contributed by atoms with Crippen LogP contribution in [0.25, 0.3) is 6.08 Å². The molecule has 0 N–H and O–H groups in total. The number of carbonyl (C=O) groups excluding carboxylic acids is 1. The minimum absolute atomic E-state index is 0.0981. The fourth-order valence-electron chi connectivity index (χ4n) is 3.22. The molecule has 3 aromatic rings. The molecule has 0 saturated carbocycles. The molecule has 0 amide bonds. The number of ketones is 1. The molecule has 3 nitrogen and oxygen atoms in total. The van der Waals surface area contributed by atoms with Gasteiger partial charge in [0.05, 0.1) is 0 Å². The van der Waals surface area contributed by atoms with Gasteiger partial charge in [-0.25, -0.2) is 0 Å². The summed E-state index contributed by atoms with van der Waals surface area (Å²) in [6, 6.07) is 16.8. The van der Waals surface area contributed by atoms with Crippen LogP contribution in [0.15, 0.2) is 65.1 Å². The molecule has 4 rings (SSSR count). The molecule has 136 valence electrons. The van der Waals surface area contributed by atoms with E-state index in [1.54, 1.807) is 30.3 Å². The van der Waals surface area contributed by atoms with Crippen molar-refractivity contribution in [1.82, 2.24) is 0 Å². The van der Waals surface area contributed by atoms with Gasteiger partial charge in [-0.05, 0) is 91.1 Å². The van der Waals surface area contributed by atoms with Gasteiger partial charge in [0.25, 0.3) is 0 Å². The lowest BCUT2D eigenvalue weighted by atomic mass is 10.1. The molecule has 0 bridgehead atoms. The average Bonchev–Trinajstić information content (AvgIpc) is 3.33. The number of fused-ring (bicyclic) bond motifs is 1. The lowest BCUT2D eigenvalue weighted by Gasteiger charge is -2.06. The van der Waals surface area contributed by atoms with Gasteiger partial charge in [0.15, 0.2) is 5.78 Å². The minimum Gasteiger partial charge on any atom is -0.486 e. The summed E-state index contributed by atoms with van der Waals surface area (Å²) in [5.74, 6) is 2.10. The lowest BCUT2D eigenvalue weighted by molar-refractivity contribution is 0.104. The Labute approximate surface area is 163 Å². The molecular formula is C23H19ClO3. The number of rotatable bonds is 6. The van der Waals surface area contributed by atoms with E-state index in [0.29, 0.717) is 28.7 Å². The highest BCUT2D eigenvalue weighted by Crippen LogP contribution is 2.26. The Balaban J connectivity index is 1.35. The molecule has 1 aromatic heterocycles. The van der Waals surface area contributed by atoms with Gasteiger partial charge in [-0.3, -0.25) is 4.79 Å². The molecule has 0 fully saturated rings. The molecule has 4 heteroatoms. The summed E-state index contributed by atoms with van der Waals surface area (Å²) in [7, 11) is 0.